The van der Waals surface area contributed by atoms with Crippen LogP contribution in [0.3, 0.4) is 0 Å². The molecule has 2 heterocycles. The number of fused-ring (bicyclic) bond motifs is 2. The van der Waals surface area contributed by atoms with Gasteiger partial charge in [0.2, 0.25) is 0 Å². The first-order chi connectivity index (χ1) is 10.8. The van der Waals surface area contributed by atoms with E-state index in [0.29, 0.717) is 11.1 Å². The monoisotopic (exact) mass is 516 g/mol. The van der Waals surface area contributed by atoms with Crippen molar-refractivity contribution in [3.8, 4) is 0 Å². The molecule has 0 amide bonds. The molecule has 2 aliphatic carbocycles. The molecule has 0 nitrogen and oxygen atoms in total. The average Bonchev–Trinajstić information content (AvgIpc) is 3.06. The summed E-state index contributed by atoms with van der Waals surface area (Å²) < 4.78 is 0. The Hall–Kier alpha value is 0.560. The molecule has 0 bridgehead atoms. The van der Waals surface area contributed by atoms with Gasteiger partial charge >= 0.3 is 26.2 Å². The minimum absolute atomic E-state index is 0. The molecule has 0 radical (unpaired) electrons. The summed E-state index contributed by atoms with van der Waals surface area (Å²) in [6.07, 6.45) is 4.92. The van der Waals surface area contributed by atoms with Gasteiger partial charge in [-0.2, -0.15) is 0 Å². The van der Waals surface area contributed by atoms with Crippen molar-refractivity contribution in [2.75, 3.05) is 0 Å². The molecule has 0 spiro atoms. The molecule has 2 aromatic rings. The molecule has 2 unspecified atom stereocenters. The van der Waals surface area contributed by atoms with E-state index >= 15 is 0 Å². The van der Waals surface area contributed by atoms with E-state index in [4.69, 9.17) is 0 Å². The Morgan fingerprint density at radius 3 is 1.42 bits per heavy atom. The van der Waals surface area contributed by atoms with E-state index in [2.05, 4.69) is 65.1 Å². The second-order valence-electron chi connectivity index (χ2n) is 7.82. The normalized spacial score (nSPS) is 20.2. The fraction of sp³-hybridized carbons (Fsp3) is 0.400. The Bertz CT molecular complexity index is 806. The van der Waals surface area contributed by atoms with E-state index < -0.39 is 8.07 Å². The van der Waals surface area contributed by atoms with E-state index in [-0.39, 0.29) is 51.0 Å². The number of allylic oxidation sites excluding steroid dienone is 2. The van der Waals surface area contributed by atoms with Gasteiger partial charge in [-0.25, -0.2) is 0 Å². The summed E-state index contributed by atoms with van der Waals surface area (Å²) in [5.41, 5.74) is 7.76. The van der Waals surface area contributed by atoms with Gasteiger partial charge in [0, 0.05) is 30.6 Å². The van der Waals surface area contributed by atoms with Crippen LogP contribution in [-0.2, 0) is 26.2 Å². The third-order valence-electron chi connectivity index (χ3n) is 5.57. The zero-order chi connectivity index (χ0) is 16.5. The summed E-state index contributed by atoms with van der Waals surface area (Å²) in [4.78, 5) is 5.96. The van der Waals surface area contributed by atoms with Crippen LogP contribution in [0.15, 0.2) is 23.3 Å². The molecule has 0 aromatic carbocycles. The van der Waals surface area contributed by atoms with Gasteiger partial charge in [-0.1, -0.05) is 24.2 Å². The minimum atomic E-state index is -1.56. The van der Waals surface area contributed by atoms with Crippen molar-refractivity contribution in [3.63, 3.8) is 0 Å². The van der Waals surface area contributed by atoms with Crippen LogP contribution in [0.2, 0.25) is 13.1 Å². The van der Waals surface area contributed by atoms with Crippen molar-refractivity contribution in [1.82, 2.24) is 0 Å². The molecule has 0 N–H and O–H groups in total. The number of rotatable bonds is 2. The maximum atomic E-state index is 2.61. The Kier molecular flexibility index (Phi) is 8.05. The molecule has 138 valence electrons. The van der Waals surface area contributed by atoms with Crippen molar-refractivity contribution >= 4 is 42.9 Å². The van der Waals surface area contributed by atoms with Crippen LogP contribution >= 0.6 is 22.7 Å². The van der Waals surface area contributed by atoms with Crippen LogP contribution in [0.4, 0.5) is 0 Å². The van der Waals surface area contributed by atoms with Gasteiger partial charge in [-0.15, -0.1) is 22.7 Å². The first-order valence-corrected chi connectivity index (χ1v) is 13.1. The predicted octanol–water partition coefficient (Wildman–Crippen LogP) is 0.920. The van der Waals surface area contributed by atoms with Gasteiger partial charge in [-0.05, 0) is 63.1 Å². The summed E-state index contributed by atoms with van der Waals surface area (Å²) in [7, 11) is -1.56. The third-order valence-corrected chi connectivity index (χ3v) is 12.1. The van der Waals surface area contributed by atoms with Crippen LogP contribution in [0.5, 0.6) is 0 Å². The largest absolute Gasteiger partial charge is 2.00 e. The number of aryl methyl sites for hydroxylation is 2. The standard InChI is InChI=1S/C20H24S2Si.2ClH.Zr/c1-11-7-17-15(9-13(3)21-17)19(11)23(5,6)20-12(2)8-18-16(20)10-14(4)22-18;;;/h7-10,19-20H,1-6H3;2*1H;/q;;;+2/p-2. The van der Waals surface area contributed by atoms with Crippen LogP contribution < -0.4 is 24.8 Å². The minimum Gasteiger partial charge on any atom is -1.00 e. The first kappa shape index (κ1) is 24.6. The first-order valence-electron chi connectivity index (χ1n) is 8.36. The number of thiophene rings is 2. The third kappa shape index (κ3) is 3.72. The Labute approximate surface area is 198 Å². The summed E-state index contributed by atoms with van der Waals surface area (Å²) in [5, 5.41) is 0. The van der Waals surface area contributed by atoms with Crippen molar-refractivity contribution < 1.29 is 51.0 Å². The van der Waals surface area contributed by atoms with Crippen LogP contribution in [0.1, 0.15) is 55.6 Å². The van der Waals surface area contributed by atoms with Gasteiger partial charge in [-0.3, -0.25) is 0 Å². The van der Waals surface area contributed by atoms with E-state index in [9.17, 15) is 0 Å². The molecular weight excluding hydrogens is 495 g/mol. The molecule has 0 aliphatic heterocycles. The second-order valence-corrected chi connectivity index (χ2v) is 15.2. The van der Waals surface area contributed by atoms with E-state index in [0.717, 1.165) is 0 Å². The maximum Gasteiger partial charge on any atom is 2.00 e. The van der Waals surface area contributed by atoms with E-state index in [1.54, 1.807) is 22.3 Å². The van der Waals surface area contributed by atoms with Gasteiger partial charge in [0.15, 0.2) is 0 Å². The molecule has 26 heavy (non-hydrogen) atoms. The molecule has 0 fully saturated rings. The fourth-order valence-corrected chi connectivity index (χ4v) is 12.3. The second kappa shape index (κ2) is 8.51. The van der Waals surface area contributed by atoms with E-state index in [1.807, 2.05) is 22.7 Å². The van der Waals surface area contributed by atoms with Crippen LogP contribution in [0, 0.1) is 13.8 Å². The molecular formula is C20H24Cl2S2SiZr. The maximum absolute atomic E-state index is 2.61. The zero-order valence-corrected chi connectivity index (χ0v) is 22.6. The van der Waals surface area contributed by atoms with Crippen LogP contribution in [-0.4, -0.2) is 8.07 Å². The van der Waals surface area contributed by atoms with Crippen molar-refractivity contribution in [2.45, 2.75) is 51.9 Å². The molecule has 2 atom stereocenters. The zero-order valence-electron chi connectivity index (χ0n) is 16.0. The van der Waals surface area contributed by atoms with Crippen molar-refractivity contribution in [3.05, 3.63) is 53.9 Å². The quantitative estimate of drug-likeness (QED) is 0.519. The molecule has 2 aromatic heterocycles. The number of hydrogen-bond donors (Lipinski definition) is 0. The molecule has 0 saturated heterocycles. The van der Waals surface area contributed by atoms with Gasteiger partial charge in [0.05, 0.1) is 8.07 Å². The summed E-state index contributed by atoms with van der Waals surface area (Å²) in [5.74, 6) is 0. The smallest absolute Gasteiger partial charge is 1.00 e. The summed E-state index contributed by atoms with van der Waals surface area (Å²) in [6, 6.07) is 4.92. The number of hydrogen-bond acceptors (Lipinski definition) is 2. The molecule has 4 rings (SSSR count). The van der Waals surface area contributed by atoms with Crippen LogP contribution in [0.25, 0.3) is 12.2 Å². The summed E-state index contributed by atoms with van der Waals surface area (Å²) >= 11 is 3.93. The van der Waals surface area contributed by atoms with Gasteiger partial charge in [0.25, 0.3) is 0 Å². The van der Waals surface area contributed by atoms with Gasteiger partial charge < -0.3 is 24.8 Å². The Morgan fingerprint density at radius 1 is 0.731 bits per heavy atom. The Balaban J connectivity index is 0.00000113. The molecule has 6 heteroatoms. The topological polar surface area (TPSA) is 0 Å². The fourth-order valence-electron chi connectivity index (χ4n) is 4.99. The number of halogens is 2. The Morgan fingerprint density at radius 2 is 1.08 bits per heavy atom. The average molecular weight is 519 g/mol. The SMILES string of the molecule is CC1=Cc2sc(C)cc2C1[Si](C)(C)C1C(C)=Cc2sc(C)cc21.[Cl-].[Cl-].[Zr+2]. The van der Waals surface area contributed by atoms with Crippen molar-refractivity contribution in [2.24, 2.45) is 0 Å². The summed E-state index contributed by atoms with van der Waals surface area (Å²) in [6.45, 7) is 14.4. The molecule has 2 aliphatic rings. The van der Waals surface area contributed by atoms with E-state index in [1.165, 1.54) is 19.5 Å². The van der Waals surface area contributed by atoms with Gasteiger partial charge in [0.1, 0.15) is 0 Å². The predicted molar refractivity (Wildman–Crippen MR) is 108 cm³/mol. The molecule has 0 saturated carbocycles. The van der Waals surface area contributed by atoms with Crippen molar-refractivity contribution in [1.29, 1.82) is 0 Å².